The van der Waals surface area contributed by atoms with Gasteiger partial charge in [-0.2, -0.15) is 0 Å². The lowest BCUT2D eigenvalue weighted by atomic mass is 10.1. The van der Waals surface area contributed by atoms with Gasteiger partial charge in [-0.05, 0) is 43.5 Å². The van der Waals surface area contributed by atoms with Crippen molar-refractivity contribution in [2.75, 3.05) is 11.9 Å². The number of carbonyl (C=O) groups excluding carboxylic acids is 1. The topological polar surface area (TPSA) is 58.6 Å². The lowest BCUT2D eigenvalue weighted by molar-refractivity contribution is -0.129. The highest BCUT2D eigenvalue weighted by Crippen LogP contribution is 2.17. The lowest BCUT2D eigenvalue weighted by Crippen LogP contribution is -2.33. The molecule has 16 heavy (non-hydrogen) atoms. The van der Waals surface area contributed by atoms with Gasteiger partial charge in [-0.25, -0.2) is 0 Å². The van der Waals surface area contributed by atoms with E-state index in [2.05, 4.69) is 5.32 Å². The summed E-state index contributed by atoms with van der Waals surface area (Å²) in [5.41, 5.74) is 0.678. The molecule has 0 aromatic heterocycles. The van der Waals surface area contributed by atoms with Crippen molar-refractivity contribution in [2.45, 2.75) is 25.4 Å². The van der Waals surface area contributed by atoms with Crippen LogP contribution in [0.2, 0.25) is 0 Å². The minimum Gasteiger partial charge on any atom is -0.508 e. The number of anilines is 1. The molecule has 1 aliphatic rings. The molecule has 4 nitrogen and oxygen atoms in total. The van der Waals surface area contributed by atoms with Gasteiger partial charge < -0.3 is 15.2 Å². The molecule has 1 saturated heterocycles. The van der Waals surface area contributed by atoms with E-state index in [4.69, 9.17) is 9.84 Å². The molecule has 2 rings (SSSR count). The predicted octanol–water partition coefficient (Wildman–Crippen LogP) is 1.90. The van der Waals surface area contributed by atoms with Crippen LogP contribution in [0.5, 0.6) is 5.75 Å². The number of hydrogen-bond donors (Lipinski definition) is 2. The number of phenolic OH excluding ortho intramolecular Hbond substituents is 1. The molecule has 0 saturated carbocycles. The van der Waals surface area contributed by atoms with E-state index in [9.17, 15) is 4.79 Å². The average molecular weight is 221 g/mol. The van der Waals surface area contributed by atoms with Crippen LogP contribution in [-0.4, -0.2) is 23.7 Å². The van der Waals surface area contributed by atoms with Crippen LogP contribution in [0.15, 0.2) is 24.3 Å². The summed E-state index contributed by atoms with van der Waals surface area (Å²) in [7, 11) is 0. The van der Waals surface area contributed by atoms with Crippen molar-refractivity contribution in [3.8, 4) is 5.75 Å². The Hall–Kier alpha value is -1.55. The maximum absolute atomic E-state index is 11.8. The molecule has 1 fully saturated rings. The van der Waals surface area contributed by atoms with Crippen molar-refractivity contribution in [3.05, 3.63) is 24.3 Å². The number of amides is 1. The van der Waals surface area contributed by atoms with Crippen molar-refractivity contribution in [1.82, 2.24) is 0 Å². The Morgan fingerprint density at radius 1 is 1.31 bits per heavy atom. The third-order valence-corrected chi connectivity index (χ3v) is 2.61. The normalized spacial score (nSPS) is 20.4. The number of rotatable bonds is 2. The van der Waals surface area contributed by atoms with Crippen molar-refractivity contribution in [1.29, 1.82) is 0 Å². The second-order valence-corrected chi connectivity index (χ2v) is 3.89. The lowest BCUT2D eigenvalue weighted by Gasteiger charge is -2.21. The Morgan fingerprint density at radius 3 is 2.69 bits per heavy atom. The number of benzene rings is 1. The van der Waals surface area contributed by atoms with E-state index < -0.39 is 0 Å². The summed E-state index contributed by atoms with van der Waals surface area (Å²) in [6.45, 7) is 0.660. The van der Waals surface area contributed by atoms with Crippen LogP contribution in [0.4, 0.5) is 5.69 Å². The fourth-order valence-electron chi connectivity index (χ4n) is 1.72. The number of nitrogens with one attached hydrogen (secondary N) is 1. The number of phenols is 1. The fourth-order valence-corrected chi connectivity index (χ4v) is 1.72. The molecule has 86 valence electrons. The van der Waals surface area contributed by atoms with Crippen LogP contribution in [0.1, 0.15) is 19.3 Å². The standard InChI is InChI=1S/C12H15NO3/c14-10-6-4-9(5-7-10)13-12(15)11-3-1-2-8-16-11/h4-7,11,14H,1-3,8H2,(H,13,15). The highest BCUT2D eigenvalue weighted by atomic mass is 16.5. The molecule has 4 heteroatoms. The maximum atomic E-state index is 11.8. The predicted molar refractivity (Wildman–Crippen MR) is 60.3 cm³/mol. The second kappa shape index (κ2) is 4.99. The summed E-state index contributed by atoms with van der Waals surface area (Å²) in [6.07, 6.45) is 2.52. The highest BCUT2D eigenvalue weighted by Gasteiger charge is 2.21. The largest absolute Gasteiger partial charge is 0.508 e. The molecule has 0 bridgehead atoms. The first-order valence-corrected chi connectivity index (χ1v) is 5.47. The first kappa shape index (κ1) is 11.0. The van der Waals surface area contributed by atoms with Gasteiger partial charge in [0, 0.05) is 12.3 Å². The maximum Gasteiger partial charge on any atom is 0.253 e. The van der Waals surface area contributed by atoms with E-state index in [0.29, 0.717) is 12.3 Å². The Balaban J connectivity index is 1.93. The molecule has 1 aromatic rings. The third-order valence-electron chi connectivity index (χ3n) is 2.61. The van der Waals surface area contributed by atoms with E-state index >= 15 is 0 Å². The number of hydrogen-bond acceptors (Lipinski definition) is 3. The summed E-state index contributed by atoms with van der Waals surface area (Å²) in [5, 5.41) is 11.9. The fraction of sp³-hybridized carbons (Fsp3) is 0.417. The third kappa shape index (κ3) is 2.73. The van der Waals surface area contributed by atoms with Gasteiger partial charge in [-0.15, -0.1) is 0 Å². The van der Waals surface area contributed by atoms with Gasteiger partial charge in [-0.3, -0.25) is 4.79 Å². The zero-order valence-corrected chi connectivity index (χ0v) is 8.98. The van der Waals surface area contributed by atoms with E-state index in [-0.39, 0.29) is 17.8 Å². The van der Waals surface area contributed by atoms with Crippen LogP contribution in [0, 0.1) is 0 Å². The number of aromatic hydroxyl groups is 1. The van der Waals surface area contributed by atoms with Crippen molar-refractivity contribution in [3.63, 3.8) is 0 Å². The molecule has 1 atom stereocenters. The molecule has 1 amide bonds. The van der Waals surface area contributed by atoms with Crippen LogP contribution in [0.3, 0.4) is 0 Å². The molecule has 1 aromatic carbocycles. The smallest absolute Gasteiger partial charge is 0.253 e. The molecule has 1 heterocycles. The van der Waals surface area contributed by atoms with Gasteiger partial charge in [0.05, 0.1) is 0 Å². The summed E-state index contributed by atoms with van der Waals surface area (Å²) in [6, 6.07) is 6.40. The molecule has 1 unspecified atom stereocenters. The van der Waals surface area contributed by atoms with E-state index in [1.165, 1.54) is 12.1 Å². The van der Waals surface area contributed by atoms with Crippen LogP contribution < -0.4 is 5.32 Å². The Morgan fingerprint density at radius 2 is 2.06 bits per heavy atom. The average Bonchev–Trinajstić information content (AvgIpc) is 2.33. The zero-order chi connectivity index (χ0) is 11.4. The zero-order valence-electron chi connectivity index (χ0n) is 8.98. The first-order valence-electron chi connectivity index (χ1n) is 5.47. The molecule has 2 N–H and O–H groups in total. The monoisotopic (exact) mass is 221 g/mol. The van der Waals surface area contributed by atoms with Crippen molar-refractivity contribution >= 4 is 11.6 Å². The Kier molecular flexibility index (Phi) is 3.41. The molecular weight excluding hydrogens is 206 g/mol. The van der Waals surface area contributed by atoms with Crippen LogP contribution in [-0.2, 0) is 9.53 Å². The SMILES string of the molecule is O=C(Nc1ccc(O)cc1)C1CCCCO1. The quantitative estimate of drug-likeness (QED) is 0.750. The highest BCUT2D eigenvalue weighted by molar-refractivity contribution is 5.94. The number of ether oxygens (including phenoxy) is 1. The van der Waals surface area contributed by atoms with Gasteiger partial charge in [0.25, 0.3) is 5.91 Å². The minimum absolute atomic E-state index is 0.106. The summed E-state index contributed by atoms with van der Waals surface area (Å²) < 4.78 is 5.37. The van der Waals surface area contributed by atoms with E-state index in [0.717, 1.165) is 19.3 Å². The summed E-state index contributed by atoms with van der Waals surface area (Å²) >= 11 is 0. The minimum atomic E-state index is -0.331. The molecule has 0 spiro atoms. The van der Waals surface area contributed by atoms with Gasteiger partial charge >= 0.3 is 0 Å². The van der Waals surface area contributed by atoms with Crippen LogP contribution >= 0.6 is 0 Å². The van der Waals surface area contributed by atoms with Gasteiger partial charge in [-0.1, -0.05) is 0 Å². The molecule has 0 radical (unpaired) electrons. The van der Waals surface area contributed by atoms with Gasteiger partial charge in [0.15, 0.2) is 0 Å². The Labute approximate surface area is 94.2 Å². The number of carbonyl (C=O) groups is 1. The molecule has 0 aliphatic carbocycles. The van der Waals surface area contributed by atoms with Gasteiger partial charge in [0.1, 0.15) is 11.9 Å². The van der Waals surface area contributed by atoms with Crippen LogP contribution in [0.25, 0.3) is 0 Å². The van der Waals surface area contributed by atoms with Gasteiger partial charge in [0.2, 0.25) is 0 Å². The van der Waals surface area contributed by atoms with Crippen molar-refractivity contribution in [2.24, 2.45) is 0 Å². The summed E-state index contributed by atoms with van der Waals surface area (Å²) in [4.78, 5) is 11.8. The second-order valence-electron chi connectivity index (χ2n) is 3.89. The van der Waals surface area contributed by atoms with Crippen molar-refractivity contribution < 1.29 is 14.6 Å². The molecular formula is C12H15NO3. The summed E-state index contributed by atoms with van der Waals surface area (Å²) in [5.74, 6) is 0.0808. The first-order chi connectivity index (χ1) is 7.75. The van der Waals surface area contributed by atoms with E-state index in [1.54, 1.807) is 12.1 Å². The van der Waals surface area contributed by atoms with E-state index in [1.807, 2.05) is 0 Å². The molecule has 1 aliphatic heterocycles. The Bertz CT molecular complexity index is 355.